The van der Waals surface area contributed by atoms with Crippen LogP contribution in [0.5, 0.6) is 5.88 Å². The van der Waals surface area contributed by atoms with Crippen molar-refractivity contribution in [3.05, 3.63) is 23.9 Å². The number of hydrogen-bond donors (Lipinski definition) is 1. The van der Waals surface area contributed by atoms with Crippen LogP contribution in [-0.2, 0) is 4.79 Å². The Morgan fingerprint density at radius 2 is 2.12 bits per heavy atom. The Morgan fingerprint density at radius 1 is 1.38 bits per heavy atom. The van der Waals surface area contributed by atoms with E-state index in [1.807, 2.05) is 4.90 Å². The number of piperidine rings is 1. The molecule has 0 aromatic carbocycles. The van der Waals surface area contributed by atoms with E-state index in [-0.39, 0.29) is 11.3 Å². The summed E-state index contributed by atoms with van der Waals surface area (Å²) in [5.74, 6) is -0.448. The van der Waals surface area contributed by atoms with Crippen molar-refractivity contribution in [2.75, 3.05) is 33.3 Å². The molecular formula is C19H27N3O4. The number of carbonyl (C=O) groups excluding carboxylic acids is 1. The third-order valence-electron chi connectivity index (χ3n) is 5.71. The number of carboxylic acid groups (broad SMARTS) is 1. The van der Waals surface area contributed by atoms with E-state index in [0.717, 1.165) is 32.4 Å². The molecule has 7 nitrogen and oxygen atoms in total. The number of amides is 1. The van der Waals surface area contributed by atoms with Gasteiger partial charge in [0.05, 0.1) is 7.11 Å². The Kier molecular flexibility index (Phi) is 5.46. The SMILES string of the molecule is CCCN1CC2(CCN(C(=O)c3cccnc3OC)CC2)C[C@H]1C(=O)O. The monoisotopic (exact) mass is 361 g/mol. The number of rotatable bonds is 5. The summed E-state index contributed by atoms with van der Waals surface area (Å²) in [6, 6.07) is 3.08. The number of likely N-dealkylation sites (tertiary alicyclic amines) is 2. The number of aromatic nitrogens is 1. The molecular weight excluding hydrogens is 334 g/mol. The van der Waals surface area contributed by atoms with Gasteiger partial charge < -0.3 is 14.7 Å². The topological polar surface area (TPSA) is 83.0 Å². The Morgan fingerprint density at radius 3 is 2.73 bits per heavy atom. The molecule has 0 unspecified atom stereocenters. The molecule has 0 aliphatic carbocycles. The Labute approximate surface area is 153 Å². The van der Waals surface area contributed by atoms with Crippen LogP contribution in [0.4, 0.5) is 0 Å². The number of hydrogen-bond acceptors (Lipinski definition) is 5. The average Bonchev–Trinajstić information content (AvgIpc) is 3.00. The van der Waals surface area contributed by atoms with Crippen LogP contribution in [0.25, 0.3) is 0 Å². The molecule has 2 aliphatic rings. The van der Waals surface area contributed by atoms with Gasteiger partial charge in [-0.15, -0.1) is 0 Å². The summed E-state index contributed by atoms with van der Waals surface area (Å²) in [6.45, 7) is 4.99. The quantitative estimate of drug-likeness (QED) is 0.862. The van der Waals surface area contributed by atoms with Crippen molar-refractivity contribution in [2.45, 2.75) is 38.6 Å². The molecule has 1 amide bonds. The van der Waals surface area contributed by atoms with E-state index in [0.29, 0.717) is 31.0 Å². The highest BCUT2D eigenvalue weighted by Crippen LogP contribution is 2.43. The van der Waals surface area contributed by atoms with Crippen LogP contribution < -0.4 is 4.74 Å². The van der Waals surface area contributed by atoms with E-state index < -0.39 is 12.0 Å². The number of carboxylic acids is 1. The minimum Gasteiger partial charge on any atom is -0.480 e. The van der Waals surface area contributed by atoms with Gasteiger partial charge in [-0.1, -0.05) is 6.92 Å². The predicted molar refractivity (Wildman–Crippen MR) is 96.3 cm³/mol. The second kappa shape index (κ2) is 7.61. The lowest BCUT2D eigenvalue weighted by Crippen LogP contribution is -2.44. The number of nitrogens with zero attached hydrogens (tertiary/aromatic N) is 3. The number of methoxy groups -OCH3 is 1. The summed E-state index contributed by atoms with van der Waals surface area (Å²) >= 11 is 0. The fourth-order valence-electron chi connectivity index (χ4n) is 4.34. The molecule has 1 N–H and O–H groups in total. The van der Waals surface area contributed by atoms with Crippen LogP contribution in [0.2, 0.25) is 0 Å². The number of carbonyl (C=O) groups is 2. The van der Waals surface area contributed by atoms with Gasteiger partial charge in [0, 0.05) is 25.8 Å². The smallest absolute Gasteiger partial charge is 0.320 e. The maximum Gasteiger partial charge on any atom is 0.320 e. The molecule has 7 heteroatoms. The summed E-state index contributed by atoms with van der Waals surface area (Å²) < 4.78 is 5.20. The average molecular weight is 361 g/mol. The molecule has 0 radical (unpaired) electrons. The number of aliphatic carboxylic acids is 1. The zero-order valence-corrected chi connectivity index (χ0v) is 15.5. The van der Waals surface area contributed by atoms with E-state index in [2.05, 4.69) is 16.8 Å². The van der Waals surface area contributed by atoms with Crippen molar-refractivity contribution < 1.29 is 19.4 Å². The van der Waals surface area contributed by atoms with Gasteiger partial charge in [0.15, 0.2) is 0 Å². The summed E-state index contributed by atoms with van der Waals surface area (Å²) in [4.78, 5) is 32.5. The van der Waals surface area contributed by atoms with Crippen LogP contribution in [0.1, 0.15) is 43.0 Å². The lowest BCUT2D eigenvalue weighted by atomic mass is 9.76. The molecule has 0 bridgehead atoms. The van der Waals surface area contributed by atoms with Crippen LogP contribution in [-0.4, -0.2) is 71.1 Å². The van der Waals surface area contributed by atoms with Gasteiger partial charge in [-0.3, -0.25) is 14.5 Å². The Hall–Kier alpha value is -2.15. The van der Waals surface area contributed by atoms with Crippen LogP contribution in [0.15, 0.2) is 18.3 Å². The first-order valence-electron chi connectivity index (χ1n) is 9.25. The highest BCUT2D eigenvalue weighted by molar-refractivity contribution is 5.96. The summed E-state index contributed by atoms with van der Waals surface area (Å²) in [5, 5.41) is 9.54. The number of ether oxygens (including phenoxy) is 1. The molecule has 0 saturated carbocycles. The second-order valence-corrected chi connectivity index (χ2v) is 7.38. The van der Waals surface area contributed by atoms with Crippen LogP contribution in [0.3, 0.4) is 0 Å². The third kappa shape index (κ3) is 3.53. The molecule has 1 spiro atoms. The van der Waals surface area contributed by atoms with Crippen molar-refractivity contribution in [3.63, 3.8) is 0 Å². The van der Waals surface area contributed by atoms with Gasteiger partial charge in [0.2, 0.25) is 5.88 Å². The van der Waals surface area contributed by atoms with Crippen molar-refractivity contribution in [3.8, 4) is 5.88 Å². The molecule has 142 valence electrons. The molecule has 26 heavy (non-hydrogen) atoms. The molecule has 1 aromatic rings. The van der Waals surface area contributed by atoms with Gasteiger partial charge in [-0.25, -0.2) is 4.98 Å². The van der Waals surface area contributed by atoms with E-state index in [1.54, 1.807) is 18.3 Å². The van der Waals surface area contributed by atoms with Gasteiger partial charge >= 0.3 is 5.97 Å². The molecule has 3 heterocycles. The molecule has 2 saturated heterocycles. The van der Waals surface area contributed by atoms with Crippen molar-refractivity contribution in [1.29, 1.82) is 0 Å². The highest BCUT2D eigenvalue weighted by atomic mass is 16.5. The van der Waals surface area contributed by atoms with Crippen LogP contribution in [0, 0.1) is 5.41 Å². The van der Waals surface area contributed by atoms with Gasteiger partial charge in [0.25, 0.3) is 5.91 Å². The molecule has 1 aromatic heterocycles. The minimum atomic E-state index is -0.728. The van der Waals surface area contributed by atoms with E-state index in [4.69, 9.17) is 4.74 Å². The molecule has 1 atom stereocenters. The Balaban J connectivity index is 1.67. The first kappa shape index (κ1) is 18.6. The maximum absolute atomic E-state index is 12.8. The van der Waals surface area contributed by atoms with Crippen molar-refractivity contribution >= 4 is 11.9 Å². The third-order valence-corrected chi connectivity index (χ3v) is 5.71. The standard InChI is InChI=1S/C19H27N3O4/c1-3-9-22-13-19(12-15(22)18(24)25)6-10-21(11-7-19)17(23)14-5-4-8-20-16(14)26-2/h4-5,8,15H,3,6-7,9-13H2,1-2H3,(H,24,25)/t15-/m0/s1. The predicted octanol–water partition coefficient (Wildman–Crippen LogP) is 1.88. The first-order valence-corrected chi connectivity index (χ1v) is 9.25. The largest absolute Gasteiger partial charge is 0.480 e. The summed E-state index contributed by atoms with van der Waals surface area (Å²) in [6.07, 6.45) is 4.91. The van der Waals surface area contributed by atoms with E-state index >= 15 is 0 Å². The maximum atomic E-state index is 12.8. The second-order valence-electron chi connectivity index (χ2n) is 7.38. The first-order chi connectivity index (χ1) is 12.5. The summed E-state index contributed by atoms with van der Waals surface area (Å²) in [5.41, 5.74) is 0.488. The molecule has 2 aliphatic heterocycles. The molecule has 2 fully saturated rings. The summed E-state index contributed by atoms with van der Waals surface area (Å²) in [7, 11) is 1.51. The zero-order valence-electron chi connectivity index (χ0n) is 15.5. The fraction of sp³-hybridized carbons (Fsp3) is 0.632. The highest BCUT2D eigenvalue weighted by Gasteiger charge is 2.48. The van der Waals surface area contributed by atoms with Gasteiger partial charge in [-0.2, -0.15) is 0 Å². The number of pyridine rings is 1. The Bertz CT molecular complexity index is 671. The van der Waals surface area contributed by atoms with E-state index in [1.165, 1.54) is 7.11 Å². The van der Waals surface area contributed by atoms with Crippen LogP contribution >= 0.6 is 0 Å². The van der Waals surface area contributed by atoms with E-state index in [9.17, 15) is 14.7 Å². The zero-order chi connectivity index (χ0) is 18.7. The lowest BCUT2D eigenvalue weighted by Gasteiger charge is -2.39. The fourth-order valence-corrected chi connectivity index (χ4v) is 4.34. The normalized spacial score (nSPS) is 22.5. The van der Waals surface area contributed by atoms with Crippen molar-refractivity contribution in [1.82, 2.24) is 14.8 Å². The van der Waals surface area contributed by atoms with Gasteiger partial charge in [-0.05, 0) is 49.8 Å². The van der Waals surface area contributed by atoms with Crippen molar-refractivity contribution in [2.24, 2.45) is 5.41 Å². The lowest BCUT2D eigenvalue weighted by molar-refractivity contribution is -0.142. The minimum absolute atomic E-state index is 0.00797. The van der Waals surface area contributed by atoms with Gasteiger partial charge in [0.1, 0.15) is 11.6 Å². The molecule has 3 rings (SSSR count).